The lowest BCUT2D eigenvalue weighted by atomic mass is 10.1. The molecule has 0 radical (unpaired) electrons. The first-order valence-electron chi connectivity index (χ1n) is 12.0. The largest absolute Gasteiger partial charge is 0.389 e. The van der Waals surface area contributed by atoms with Gasteiger partial charge in [-0.2, -0.15) is 0 Å². The van der Waals surface area contributed by atoms with Gasteiger partial charge in [-0.15, -0.1) is 0 Å². The number of β-amino-alcohol motifs (C(OH)–C–C–N with tert-alkyl or cyclic N) is 2. The quantitative estimate of drug-likeness (QED) is 0.213. The van der Waals surface area contributed by atoms with Crippen LogP contribution in [0.15, 0.2) is 0 Å². The maximum absolute atomic E-state index is 9.89. The number of nitrogens with zero attached hydrogens (tertiary/aromatic N) is 2. The molecule has 2 aliphatic rings. The molecule has 2 N–H and O–H groups in total. The Morgan fingerprint density at radius 2 is 1.23 bits per heavy atom. The molecule has 2 saturated heterocycles. The van der Waals surface area contributed by atoms with E-state index in [1.54, 1.807) is 0 Å². The SMILES string of the molecule is CC1CN1CC(O)COCCCOCCC(C)(C)OCCCOCC(O)CN1CC1C. The second-order valence-electron chi connectivity index (χ2n) is 9.74. The Balaban J connectivity index is 1.32. The Morgan fingerprint density at radius 1 is 0.774 bits per heavy atom. The summed E-state index contributed by atoms with van der Waals surface area (Å²) in [5.41, 5.74) is -0.231. The van der Waals surface area contributed by atoms with Gasteiger partial charge in [-0.3, -0.25) is 9.80 Å². The average Bonchev–Trinajstić information content (AvgIpc) is 3.59. The zero-order chi connectivity index (χ0) is 22.7. The van der Waals surface area contributed by atoms with Crippen LogP contribution in [0, 0.1) is 0 Å². The second-order valence-corrected chi connectivity index (χ2v) is 9.74. The van der Waals surface area contributed by atoms with Gasteiger partial charge in [-0.05, 0) is 47.0 Å². The highest BCUT2D eigenvalue weighted by Crippen LogP contribution is 2.17. The first-order chi connectivity index (χ1) is 14.8. The Kier molecular flexibility index (Phi) is 12.2. The molecule has 6 unspecified atom stereocenters. The van der Waals surface area contributed by atoms with Crippen LogP contribution >= 0.6 is 0 Å². The lowest BCUT2D eigenvalue weighted by Gasteiger charge is -2.25. The minimum Gasteiger partial charge on any atom is -0.389 e. The van der Waals surface area contributed by atoms with E-state index in [0.717, 1.165) is 32.4 Å². The maximum atomic E-state index is 9.89. The van der Waals surface area contributed by atoms with Gasteiger partial charge in [0.05, 0.1) is 31.0 Å². The summed E-state index contributed by atoms with van der Waals surface area (Å²) in [6, 6.07) is 1.23. The van der Waals surface area contributed by atoms with E-state index in [-0.39, 0.29) is 5.60 Å². The molecule has 0 aromatic heterocycles. The molecule has 6 atom stereocenters. The van der Waals surface area contributed by atoms with Crippen LogP contribution in [0.2, 0.25) is 0 Å². The fraction of sp³-hybridized carbons (Fsp3) is 1.00. The molecule has 0 bridgehead atoms. The Bertz CT molecular complexity index is 481. The molecule has 0 aromatic rings. The molecule has 31 heavy (non-hydrogen) atoms. The summed E-state index contributed by atoms with van der Waals surface area (Å²) in [5.74, 6) is 0. The van der Waals surface area contributed by atoms with Crippen LogP contribution in [0.4, 0.5) is 0 Å². The van der Waals surface area contributed by atoms with E-state index >= 15 is 0 Å². The third-order valence-electron chi connectivity index (χ3n) is 5.84. The van der Waals surface area contributed by atoms with Gasteiger partial charge in [0, 0.05) is 71.3 Å². The van der Waals surface area contributed by atoms with Crippen molar-refractivity contribution in [3.05, 3.63) is 0 Å². The fourth-order valence-electron chi connectivity index (χ4n) is 3.44. The van der Waals surface area contributed by atoms with E-state index in [2.05, 4.69) is 37.5 Å². The van der Waals surface area contributed by atoms with Crippen molar-refractivity contribution in [3.8, 4) is 0 Å². The van der Waals surface area contributed by atoms with Crippen LogP contribution in [0.1, 0.15) is 47.0 Å². The van der Waals surface area contributed by atoms with E-state index in [9.17, 15) is 10.2 Å². The molecule has 0 aromatic carbocycles. The number of ether oxygens (including phenoxy) is 4. The average molecular weight is 447 g/mol. The van der Waals surface area contributed by atoms with Crippen LogP contribution in [0.25, 0.3) is 0 Å². The topological polar surface area (TPSA) is 83.4 Å². The van der Waals surface area contributed by atoms with Crippen molar-refractivity contribution >= 4 is 0 Å². The zero-order valence-electron chi connectivity index (χ0n) is 20.1. The van der Waals surface area contributed by atoms with E-state index in [0.29, 0.717) is 71.4 Å². The summed E-state index contributed by atoms with van der Waals surface area (Å²) in [4.78, 5) is 4.46. The van der Waals surface area contributed by atoms with Crippen molar-refractivity contribution in [1.29, 1.82) is 0 Å². The summed E-state index contributed by atoms with van der Waals surface area (Å²) in [5, 5.41) is 19.7. The van der Waals surface area contributed by atoms with Crippen LogP contribution < -0.4 is 0 Å². The lowest BCUT2D eigenvalue weighted by molar-refractivity contribution is -0.0519. The second kappa shape index (κ2) is 14.1. The number of aliphatic hydroxyl groups is 2. The van der Waals surface area contributed by atoms with Crippen molar-refractivity contribution < 1.29 is 29.2 Å². The van der Waals surface area contributed by atoms with Gasteiger partial charge in [0.15, 0.2) is 0 Å². The molecule has 2 aliphatic heterocycles. The molecular formula is C23H46N2O6. The van der Waals surface area contributed by atoms with Crippen LogP contribution in [-0.4, -0.2) is 122 Å². The Labute approximate surface area is 188 Å². The van der Waals surface area contributed by atoms with Crippen LogP contribution in [0.3, 0.4) is 0 Å². The highest BCUT2D eigenvalue weighted by molar-refractivity contribution is 4.86. The predicted molar refractivity (Wildman–Crippen MR) is 120 cm³/mol. The van der Waals surface area contributed by atoms with Gasteiger partial charge in [-0.1, -0.05) is 0 Å². The van der Waals surface area contributed by atoms with Gasteiger partial charge in [0.2, 0.25) is 0 Å². The van der Waals surface area contributed by atoms with Crippen molar-refractivity contribution in [1.82, 2.24) is 9.80 Å². The summed E-state index contributed by atoms with van der Waals surface area (Å²) in [7, 11) is 0. The normalized spacial score (nSPS) is 27.3. The maximum Gasteiger partial charge on any atom is 0.0900 e. The number of aliphatic hydroxyl groups excluding tert-OH is 2. The molecule has 0 saturated carbocycles. The van der Waals surface area contributed by atoms with Crippen molar-refractivity contribution in [2.45, 2.75) is 76.9 Å². The molecule has 0 aliphatic carbocycles. The van der Waals surface area contributed by atoms with E-state index in [1.165, 1.54) is 0 Å². The van der Waals surface area contributed by atoms with Gasteiger partial charge >= 0.3 is 0 Å². The molecule has 2 heterocycles. The summed E-state index contributed by atoms with van der Waals surface area (Å²) < 4.78 is 22.7. The first-order valence-corrected chi connectivity index (χ1v) is 12.0. The van der Waals surface area contributed by atoms with Gasteiger partial charge in [-0.25, -0.2) is 0 Å². The highest BCUT2D eigenvalue weighted by atomic mass is 16.5. The zero-order valence-corrected chi connectivity index (χ0v) is 20.1. The molecular weight excluding hydrogens is 400 g/mol. The predicted octanol–water partition coefficient (Wildman–Crippen LogP) is 1.13. The smallest absolute Gasteiger partial charge is 0.0900 e. The fourth-order valence-corrected chi connectivity index (χ4v) is 3.44. The van der Waals surface area contributed by atoms with Crippen LogP contribution in [-0.2, 0) is 18.9 Å². The molecule has 8 heteroatoms. The Morgan fingerprint density at radius 3 is 1.71 bits per heavy atom. The molecule has 2 rings (SSSR count). The third kappa shape index (κ3) is 13.1. The first kappa shape index (κ1) is 26.9. The molecule has 2 fully saturated rings. The Hall–Kier alpha value is -0.320. The van der Waals surface area contributed by atoms with Gasteiger partial charge < -0.3 is 29.2 Å². The monoisotopic (exact) mass is 446 g/mol. The van der Waals surface area contributed by atoms with Crippen LogP contribution in [0.5, 0.6) is 0 Å². The number of rotatable bonds is 20. The highest BCUT2D eigenvalue weighted by Gasteiger charge is 2.31. The van der Waals surface area contributed by atoms with Crippen molar-refractivity contribution in [2.24, 2.45) is 0 Å². The van der Waals surface area contributed by atoms with Crippen molar-refractivity contribution in [2.75, 3.05) is 72.4 Å². The summed E-state index contributed by atoms with van der Waals surface area (Å²) in [6.07, 6.45) is 1.67. The summed E-state index contributed by atoms with van der Waals surface area (Å²) >= 11 is 0. The lowest BCUT2D eigenvalue weighted by Crippen LogP contribution is -2.28. The molecule has 0 amide bonds. The van der Waals surface area contributed by atoms with Crippen molar-refractivity contribution in [3.63, 3.8) is 0 Å². The minimum atomic E-state index is -0.403. The third-order valence-corrected chi connectivity index (χ3v) is 5.84. The molecule has 184 valence electrons. The van der Waals surface area contributed by atoms with E-state index < -0.39 is 12.2 Å². The number of hydrogen-bond acceptors (Lipinski definition) is 8. The van der Waals surface area contributed by atoms with E-state index in [4.69, 9.17) is 18.9 Å². The van der Waals surface area contributed by atoms with Gasteiger partial charge in [0.25, 0.3) is 0 Å². The van der Waals surface area contributed by atoms with Gasteiger partial charge in [0.1, 0.15) is 0 Å². The number of hydrogen-bond donors (Lipinski definition) is 2. The van der Waals surface area contributed by atoms with E-state index in [1.807, 2.05) is 0 Å². The minimum absolute atomic E-state index is 0.231. The molecule has 8 nitrogen and oxygen atoms in total. The molecule has 0 spiro atoms. The summed E-state index contributed by atoms with van der Waals surface area (Å²) in [6.45, 7) is 16.0. The standard InChI is InChI=1S/C23H46N2O6/c1-19-13-24(19)15-21(26)17-29-9-5-8-28-12-7-23(3,4)31-11-6-10-30-18-22(27)16-25-14-20(25)2/h19-22,26-27H,5-18H2,1-4H3.